The first-order chi connectivity index (χ1) is 11.7. The summed E-state index contributed by atoms with van der Waals surface area (Å²) in [6, 6.07) is 0.0441. The second-order valence-electron chi connectivity index (χ2n) is 6.63. The number of hydrogen-bond donors (Lipinski definition) is 2. The molecule has 1 amide bonds. The Morgan fingerprint density at radius 2 is 2.21 bits per heavy atom. The Morgan fingerprint density at radius 3 is 2.92 bits per heavy atom. The van der Waals surface area contributed by atoms with E-state index in [1.54, 1.807) is 0 Å². The van der Waals surface area contributed by atoms with Crippen molar-refractivity contribution in [3.8, 4) is 0 Å². The Kier molecular flexibility index (Phi) is 5.94. The van der Waals surface area contributed by atoms with Crippen LogP contribution in [0.2, 0.25) is 0 Å². The number of thioether (sulfide) groups is 1. The van der Waals surface area contributed by atoms with E-state index in [0.717, 1.165) is 62.4 Å². The summed E-state index contributed by atoms with van der Waals surface area (Å²) >= 11 is 1.54. The molecule has 132 valence electrons. The van der Waals surface area contributed by atoms with Gasteiger partial charge in [0.2, 0.25) is 11.9 Å². The molecule has 1 fully saturated rings. The van der Waals surface area contributed by atoms with E-state index in [2.05, 4.69) is 15.2 Å². The third-order valence-electron chi connectivity index (χ3n) is 4.94. The van der Waals surface area contributed by atoms with Crippen molar-refractivity contribution >= 4 is 23.6 Å². The maximum atomic E-state index is 11.9. The fraction of sp³-hybridized carbons (Fsp3) is 0.706. The fourth-order valence-electron chi connectivity index (χ4n) is 3.52. The zero-order valence-corrected chi connectivity index (χ0v) is 15.0. The molecule has 2 heterocycles. The third-order valence-corrected chi connectivity index (χ3v) is 5.49. The van der Waals surface area contributed by atoms with Gasteiger partial charge in [0.25, 0.3) is 0 Å². The highest BCUT2D eigenvalue weighted by atomic mass is 32.2. The summed E-state index contributed by atoms with van der Waals surface area (Å²) in [7, 11) is 0. The lowest BCUT2D eigenvalue weighted by atomic mass is 9.92. The highest BCUT2D eigenvalue weighted by Crippen LogP contribution is 2.30. The molecule has 6 nitrogen and oxygen atoms in total. The Labute approximate surface area is 147 Å². The lowest BCUT2D eigenvalue weighted by Crippen LogP contribution is -2.37. The smallest absolute Gasteiger partial charge is 0.230 e. The quantitative estimate of drug-likeness (QED) is 0.839. The molecular formula is C17H26N4O2S. The van der Waals surface area contributed by atoms with Crippen molar-refractivity contribution in [2.45, 2.75) is 38.1 Å². The van der Waals surface area contributed by atoms with Crippen LogP contribution in [-0.2, 0) is 11.2 Å². The summed E-state index contributed by atoms with van der Waals surface area (Å²) in [6.07, 6.45) is 8.77. The molecule has 0 aromatic carbocycles. The molecule has 0 spiro atoms. The summed E-state index contributed by atoms with van der Waals surface area (Å²) in [5.41, 5.74) is 2.15. The second kappa shape index (κ2) is 8.16. The number of nitrogens with one attached hydrogen (secondary N) is 1. The van der Waals surface area contributed by atoms with E-state index in [0.29, 0.717) is 11.7 Å². The first-order valence-electron chi connectivity index (χ1n) is 8.71. The summed E-state index contributed by atoms with van der Waals surface area (Å²) in [5.74, 6) is 1.77. The number of amides is 1. The maximum absolute atomic E-state index is 11.9. The molecule has 1 aromatic heterocycles. The molecule has 2 N–H and O–H groups in total. The second-order valence-corrected chi connectivity index (χ2v) is 7.50. The van der Waals surface area contributed by atoms with Gasteiger partial charge in [0, 0.05) is 31.5 Å². The van der Waals surface area contributed by atoms with Crippen LogP contribution in [0.15, 0.2) is 6.20 Å². The SMILES string of the molecule is CSCC(=O)NC1CCCc2nc(N3CCC(CO)CC3)ncc21. The average molecular weight is 350 g/mol. The minimum absolute atomic E-state index is 0.0441. The van der Waals surface area contributed by atoms with Crippen LogP contribution in [0.1, 0.15) is 43.0 Å². The van der Waals surface area contributed by atoms with E-state index >= 15 is 0 Å². The van der Waals surface area contributed by atoms with Gasteiger partial charge in [-0.15, -0.1) is 0 Å². The van der Waals surface area contributed by atoms with Crippen LogP contribution in [0.5, 0.6) is 0 Å². The number of anilines is 1. The van der Waals surface area contributed by atoms with Gasteiger partial charge in [0.15, 0.2) is 0 Å². The van der Waals surface area contributed by atoms with Gasteiger partial charge in [0.1, 0.15) is 0 Å². The molecule has 24 heavy (non-hydrogen) atoms. The highest BCUT2D eigenvalue weighted by Gasteiger charge is 2.26. The van der Waals surface area contributed by atoms with Crippen molar-refractivity contribution in [3.63, 3.8) is 0 Å². The zero-order chi connectivity index (χ0) is 16.9. The number of aryl methyl sites for hydroxylation is 1. The van der Waals surface area contributed by atoms with E-state index in [-0.39, 0.29) is 18.6 Å². The van der Waals surface area contributed by atoms with Crippen molar-refractivity contribution in [1.82, 2.24) is 15.3 Å². The summed E-state index contributed by atoms with van der Waals surface area (Å²) in [5, 5.41) is 12.4. The lowest BCUT2D eigenvalue weighted by molar-refractivity contribution is -0.119. The van der Waals surface area contributed by atoms with Crippen LogP contribution in [0.3, 0.4) is 0 Å². The molecule has 1 saturated heterocycles. The molecule has 0 bridgehead atoms. The number of nitrogens with zero attached hydrogens (tertiary/aromatic N) is 3. The van der Waals surface area contributed by atoms with Crippen molar-refractivity contribution in [2.24, 2.45) is 5.92 Å². The van der Waals surface area contributed by atoms with E-state index in [9.17, 15) is 9.90 Å². The molecular weight excluding hydrogens is 324 g/mol. The molecule has 1 aliphatic heterocycles. The minimum Gasteiger partial charge on any atom is -0.396 e. The van der Waals surface area contributed by atoms with Gasteiger partial charge >= 0.3 is 0 Å². The van der Waals surface area contributed by atoms with Gasteiger partial charge in [0.05, 0.1) is 17.5 Å². The molecule has 1 aromatic rings. The lowest BCUT2D eigenvalue weighted by Gasteiger charge is -2.32. The van der Waals surface area contributed by atoms with Gasteiger partial charge < -0.3 is 15.3 Å². The van der Waals surface area contributed by atoms with Crippen LogP contribution in [-0.4, -0.2) is 52.7 Å². The molecule has 2 aliphatic rings. The fourth-order valence-corrected chi connectivity index (χ4v) is 3.87. The highest BCUT2D eigenvalue weighted by molar-refractivity contribution is 7.99. The van der Waals surface area contributed by atoms with Crippen LogP contribution < -0.4 is 10.2 Å². The standard InChI is InChI=1S/C17H26N4O2S/c1-24-11-16(23)19-14-3-2-4-15-13(14)9-18-17(20-15)21-7-5-12(10-22)6-8-21/h9,12,14,22H,2-8,10-11H2,1H3,(H,19,23). The Morgan fingerprint density at radius 1 is 1.42 bits per heavy atom. The topological polar surface area (TPSA) is 78.4 Å². The number of aliphatic hydroxyl groups is 1. The van der Waals surface area contributed by atoms with Gasteiger partial charge in [-0.1, -0.05) is 0 Å². The van der Waals surface area contributed by atoms with Gasteiger partial charge in [-0.05, 0) is 44.3 Å². The predicted molar refractivity (Wildman–Crippen MR) is 96.3 cm³/mol. The van der Waals surface area contributed by atoms with E-state index < -0.39 is 0 Å². The van der Waals surface area contributed by atoms with Crippen LogP contribution in [0.25, 0.3) is 0 Å². The van der Waals surface area contributed by atoms with Crippen LogP contribution in [0, 0.1) is 5.92 Å². The maximum Gasteiger partial charge on any atom is 0.230 e. The number of aromatic nitrogens is 2. The van der Waals surface area contributed by atoms with E-state index in [1.807, 2.05) is 12.5 Å². The number of hydrogen-bond acceptors (Lipinski definition) is 6. The predicted octanol–water partition coefficient (Wildman–Crippen LogP) is 1.54. The monoisotopic (exact) mass is 350 g/mol. The molecule has 0 saturated carbocycles. The number of aliphatic hydroxyl groups excluding tert-OH is 1. The molecule has 1 aliphatic carbocycles. The number of carbonyl (C=O) groups is 1. The summed E-state index contributed by atoms with van der Waals surface area (Å²) in [4.78, 5) is 23.5. The van der Waals surface area contributed by atoms with Gasteiger partial charge in [-0.25, -0.2) is 9.97 Å². The minimum atomic E-state index is 0.0441. The number of rotatable bonds is 5. The van der Waals surface area contributed by atoms with E-state index in [1.165, 1.54) is 11.8 Å². The van der Waals surface area contributed by atoms with E-state index in [4.69, 9.17) is 4.98 Å². The van der Waals surface area contributed by atoms with Gasteiger partial charge in [-0.2, -0.15) is 11.8 Å². The number of fused-ring (bicyclic) bond motifs is 1. The largest absolute Gasteiger partial charge is 0.396 e. The third kappa shape index (κ3) is 4.00. The number of carbonyl (C=O) groups excluding carboxylic acids is 1. The van der Waals surface area contributed by atoms with Crippen molar-refractivity contribution < 1.29 is 9.90 Å². The zero-order valence-electron chi connectivity index (χ0n) is 14.2. The normalized spacial score (nSPS) is 21.4. The van der Waals surface area contributed by atoms with Crippen molar-refractivity contribution in [2.75, 3.05) is 36.6 Å². The summed E-state index contributed by atoms with van der Waals surface area (Å²) in [6.45, 7) is 2.08. The van der Waals surface area contributed by atoms with Crippen molar-refractivity contribution in [3.05, 3.63) is 17.5 Å². The summed E-state index contributed by atoms with van der Waals surface area (Å²) < 4.78 is 0. The number of piperidine rings is 1. The average Bonchev–Trinajstić information content (AvgIpc) is 2.62. The first kappa shape index (κ1) is 17.5. The molecule has 1 unspecified atom stereocenters. The first-order valence-corrected chi connectivity index (χ1v) is 10.1. The molecule has 7 heteroatoms. The Bertz CT molecular complexity index is 576. The molecule has 1 atom stereocenters. The molecule has 0 radical (unpaired) electrons. The van der Waals surface area contributed by atoms with Crippen LogP contribution in [0.4, 0.5) is 5.95 Å². The van der Waals surface area contributed by atoms with Crippen LogP contribution >= 0.6 is 11.8 Å². The van der Waals surface area contributed by atoms with Crippen molar-refractivity contribution in [1.29, 1.82) is 0 Å². The van der Waals surface area contributed by atoms with Gasteiger partial charge in [-0.3, -0.25) is 4.79 Å². The molecule has 3 rings (SSSR count). The Balaban J connectivity index is 1.70. The Hall–Kier alpha value is -1.34.